The SMILES string of the molecule is Cc1cccc(N2C[C@H](C)N(C(=O)c3ccc(C(F)(F)F)cc3)CC2=O)c1. The lowest BCUT2D eigenvalue weighted by Crippen LogP contribution is -2.57. The number of aryl methyl sites for hydroxylation is 1. The molecule has 1 aliphatic rings. The van der Waals surface area contributed by atoms with Crippen molar-refractivity contribution in [3.8, 4) is 0 Å². The van der Waals surface area contributed by atoms with Gasteiger partial charge < -0.3 is 9.80 Å². The smallest absolute Gasteiger partial charge is 0.325 e. The van der Waals surface area contributed by atoms with Crippen molar-refractivity contribution in [2.45, 2.75) is 26.1 Å². The van der Waals surface area contributed by atoms with E-state index in [2.05, 4.69) is 0 Å². The number of halogens is 3. The second kappa shape index (κ2) is 7.06. The topological polar surface area (TPSA) is 40.6 Å². The number of rotatable bonds is 2. The van der Waals surface area contributed by atoms with Crippen LogP contribution in [0.1, 0.15) is 28.4 Å². The molecule has 1 heterocycles. The average Bonchev–Trinajstić information content (AvgIpc) is 2.62. The Morgan fingerprint density at radius 1 is 1.11 bits per heavy atom. The van der Waals surface area contributed by atoms with E-state index in [1.54, 1.807) is 4.90 Å². The molecule has 3 rings (SSSR count). The van der Waals surface area contributed by atoms with Crippen LogP contribution in [0.4, 0.5) is 18.9 Å². The Bertz CT molecular complexity index is 862. The number of alkyl halides is 3. The Hall–Kier alpha value is -2.83. The monoisotopic (exact) mass is 376 g/mol. The largest absolute Gasteiger partial charge is 0.416 e. The van der Waals surface area contributed by atoms with Crippen molar-refractivity contribution in [1.82, 2.24) is 4.90 Å². The lowest BCUT2D eigenvalue weighted by atomic mass is 10.1. The predicted molar refractivity (Wildman–Crippen MR) is 95.5 cm³/mol. The molecule has 1 saturated heterocycles. The summed E-state index contributed by atoms with van der Waals surface area (Å²) in [6.07, 6.45) is -4.45. The Balaban J connectivity index is 1.77. The zero-order valence-corrected chi connectivity index (χ0v) is 15.0. The van der Waals surface area contributed by atoms with Gasteiger partial charge in [0.1, 0.15) is 6.54 Å². The minimum absolute atomic E-state index is 0.116. The van der Waals surface area contributed by atoms with Crippen LogP contribution < -0.4 is 4.90 Å². The quantitative estimate of drug-likeness (QED) is 0.798. The van der Waals surface area contributed by atoms with E-state index in [1.807, 2.05) is 38.1 Å². The molecule has 0 bridgehead atoms. The Morgan fingerprint density at radius 3 is 2.37 bits per heavy atom. The second-order valence-corrected chi connectivity index (χ2v) is 6.70. The van der Waals surface area contributed by atoms with Gasteiger partial charge >= 0.3 is 6.18 Å². The summed E-state index contributed by atoms with van der Waals surface area (Å²) in [5.41, 5.74) is 1.11. The van der Waals surface area contributed by atoms with Crippen LogP contribution in [0, 0.1) is 6.92 Å². The van der Waals surface area contributed by atoms with Crippen molar-refractivity contribution in [3.63, 3.8) is 0 Å². The van der Waals surface area contributed by atoms with Crippen molar-refractivity contribution in [2.24, 2.45) is 0 Å². The number of anilines is 1. The molecule has 0 radical (unpaired) electrons. The summed E-state index contributed by atoms with van der Waals surface area (Å²) in [6.45, 7) is 3.96. The van der Waals surface area contributed by atoms with E-state index in [1.165, 1.54) is 4.90 Å². The number of nitrogens with zero attached hydrogens (tertiary/aromatic N) is 2. The van der Waals surface area contributed by atoms with Crippen molar-refractivity contribution < 1.29 is 22.8 Å². The van der Waals surface area contributed by atoms with Gasteiger partial charge in [0.25, 0.3) is 5.91 Å². The van der Waals surface area contributed by atoms with E-state index >= 15 is 0 Å². The normalized spacial score (nSPS) is 18.0. The fourth-order valence-corrected chi connectivity index (χ4v) is 3.14. The molecule has 0 unspecified atom stereocenters. The molecule has 0 N–H and O–H groups in total. The fourth-order valence-electron chi connectivity index (χ4n) is 3.14. The van der Waals surface area contributed by atoms with Crippen LogP contribution in [0.3, 0.4) is 0 Å². The van der Waals surface area contributed by atoms with Gasteiger partial charge in [0, 0.05) is 23.8 Å². The van der Waals surface area contributed by atoms with Gasteiger partial charge in [-0.25, -0.2) is 0 Å². The molecule has 0 saturated carbocycles. The van der Waals surface area contributed by atoms with Gasteiger partial charge in [0.2, 0.25) is 5.91 Å². The molecule has 2 aromatic carbocycles. The third-order valence-electron chi connectivity index (χ3n) is 4.62. The molecule has 142 valence electrons. The molecular weight excluding hydrogens is 357 g/mol. The number of hydrogen-bond donors (Lipinski definition) is 0. The van der Waals surface area contributed by atoms with Crippen molar-refractivity contribution in [1.29, 1.82) is 0 Å². The van der Waals surface area contributed by atoms with Crippen LogP contribution in [0.5, 0.6) is 0 Å². The molecule has 1 fully saturated rings. The molecule has 1 aliphatic heterocycles. The first-order chi connectivity index (χ1) is 12.7. The summed E-state index contributed by atoms with van der Waals surface area (Å²) in [6, 6.07) is 11.3. The van der Waals surface area contributed by atoms with Gasteiger partial charge in [-0.05, 0) is 55.8 Å². The summed E-state index contributed by atoms with van der Waals surface area (Å²) >= 11 is 0. The summed E-state index contributed by atoms with van der Waals surface area (Å²) < 4.78 is 38.0. The number of amides is 2. The van der Waals surface area contributed by atoms with Gasteiger partial charge in [-0.1, -0.05) is 12.1 Å². The van der Waals surface area contributed by atoms with E-state index in [0.29, 0.717) is 6.54 Å². The molecule has 4 nitrogen and oxygen atoms in total. The highest BCUT2D eigenvalue weighted by Crippen LogP contribution is 2.29. The molecule has 2 aromatic rings. The van der Waals surface area contributed by atoms with Crippen LogP contribution >= 0.6 is 0 Å². The van der Waals surface area contributed by atoms with Crippen molar-refractivity contribution >= 4 is 17.5 Å². The Morgan fingerprint density at radius 2 is 1.78 bits per heavy atom. The maximum atomic E-state index is 12.7. The molecule has 0 aliphatic carbocycles. The minimum atomic E-state index is -4.45. The first-order valence-corrected chi connectivity index (χ1v) is 8.52. The number of benzene rings is 2. The first-order valence-electron chi connectivity index (χ1n) is 8.52. The van der Waals surface area contributed by atoms with Crippen LogP contribution in [-0.4, -0.2) is 35.8 Å². The van der Waals surface area contributed by atoms with Crippen molar-refractivity contribution in [3.05, 3.63) is 65.2 Å². The van der Waals surface area contributed by atoms with Crippen LogP contribution in [0.25, 0.3) is 0 Å². The highest BCUT2D eigenvalue weighted by Gasteiger charge is 2.34. The third-order valence-corrected chi connectivity index (χ3v) is 4.62. The highest BCUT2D eigenvalue weighted by molar-refractivity contribution is 6.02. The van der Waals surface area contributed by atoms with E-state index < -0.39 is 17.6 Å². The van der Waals surface area contributed by atoms with E-state index in [4.69, 9.17) is 0 Å². The van der Waals surface area contributed by atoms with Gasteiger partial charge in [-0.15, -0.1) is 0 Å². The Labute approximate surface area is 155 Å². The molecule has 0 aromatic heterocycles. The lowest BCUT2D eigenvalue weighted by molar-refractivity contribution is -0.137. The van der Waals surface area contributed by atoms with Gasteiger partial charge in [0.05, 0.1) is 5.56 Å². The summed E-state index contributed by atoms with van der Waals surface area (Å²) in [7, 11) is 0. The maximum absolute atomic E-state index is 12.7. The summed E-state index contributed by atoms with van der Waals surface area (Å²) in [5.74, 6) is -0.674. The number of carbonyl (C=O) groups excluding carboxylic acids is 2. The first kappa shape index (κ1) is 18.9. The molecular formula is C20H19F3N2O2. The Kier molecular flexibility index (Phi) is 4.95. The number of hydrogen-bond acceptors (Lipinski definition) is 2. The lowest BCUT2D eigenvalue weighted by Gasteiger charge is -2.39. The number of piperazine rings is 1. The highest BCUT2D eigenvalue weighted by atomic mass is 19.4. The molecule has 0 spiro atoms. The second-order valence-electron chi connectivity index (χ2n) is 6.70. The average molecular weight is 376 g/mol. The van der Waals surface area contributed by atoms with Crippen LogP contribution in [-0.2, 0) is 11.0 Å². The molecule has 7 heteroatoms. The molecule has 27 heavy (non-hydrogen) atoms. The predicted octanol–water partition coefficient (Wildman–Crippen LogP) is 3.89. The van der Waals surface area contributed by atoms with E-state index in [-0.39, 0.29) is 24.1 Å². The van der Waals surface area contributed by atoms with E-state index in [9.17, 15) is 22.8 Å². The third kappa shape index (κ3) is 3.97. The summed E-state index contributed by atoms with van der Waals surface area (Å²) in [5, 5.41) is 0. The maximum Gasteiger partial charge on any atom is 0.416 e. The van der Waals surface area contributed by atoms with E-state index in [0.717, 1.165) is 35.5 Å². The van der Waals surface area contributed by atoms with Crippen LogP contribution in [0.2, 0.25) is 0 Å². The fraction of sp³-hybridized carbons (Fsp3) is 0.300. The van der Waals surface area contributed by atoms with Gasteiger partial charge in [0.15, 0.2) is 0 Å². The number of carbonyl (C=O) groups is 2. The van der Waals surface area contributed by atoms with Crippen LogP contribution in [0.15, 0.2) is 48.5 Å². The molecule has 1 atom stereocenters. The van der Waals surface area contributed by atoms with Gasteiger partial charge in [-0.2, -0.15) is 13.2 Å². The zero-order chi connectivity index (χ0) is 19.8. The zero-order valence-electron chi connectivity index (χ0n) is 15.0. The van der Waals surface area contributed by atoms with Crippen molar-refractivity contribution in [2.75, 3.05) is 18.0 Å². The van der Waals surface area contributed by atoms with Gasteiger partial charge in [-0.3, -0.25) is 9.59 Å². The standard InChI is InChI=1S/C20H19F3N2O2/c1-13-4-3-5-17(10-13)25-11-14(2)24(12-18(25)26)19(27)15-6-8-16(9-7-15)20(21,22)23/h3-10,14H,11-12H2,1-2H3/t14-/m0/s1. The molecule has 2 amide bonds. The minimum Gasteiger partial charge on any atom is -0.325 e. The summed E-state index contributed by atoms with van der Waals surface area (Å²) in [4.78, 5) is 28.3.